The Balaban J connectivity index is 2.24. The molecule has 0 aromatic carbocycles. The number of primary sulfonamides is 1. The summed E-state index contributed by atoms with van der Waals surface area (Å²) in [6.45, 7) is 1.51. The van der Waals surface area contributed by atoms with Gasteiger partial charge in [-0.15, -0.1) is 11.3 Å². The van der Waals surface area contributed by atoms with E-state index in [1.54, 1.807) is 5.38 Å². The Kier molecular flexibility index (Phi) is 3.43. The number of aromatic nitrogens is 2. The van der Waals surface area contributed by atoms with Gasteiger partial charge in [0.1, 0.15) is 5.69 Å². The predicted molar refractivity (Wildman–Crippen MR) is 68.3 cm³/mol. The van der Waals surface area contributed by atoms with Gasteiger partial charge in [0.15, 0.2) is 9.34 Å². The molecule has 7 nitrogen and oxygen atoms in total. The summed E-state index contributed by atoms with van der Waals surface area (Å²) in [5, 5.41) is 9.24. The standard InChI is InChI=1S/C8H8N4O3S3/c1-4-7(18(9,14)15)17-8(11-4)12-6(13)5-2-16-3-10-5/h2-3H,1H3,(H2,9,14,15)(H,11,12,13). The molecule has 10 heteroatoms. The number of nitrogens with one attached hydrogen (secondary N) is 1. The summed E-state index contributed by atoms with van der Waals surface area (Å²) >= 11 is 2.10. The van der Waals surface area contributed by atoms with E-state index in [9.17, 15) is 13.2 Å². The number of anilines is 1. The minimum Gasteiger partial charge on any atom is -0.296 e. The molecule has 0 aliphatic carbocycles. The zero-order valence-corrected chi connectivity index (χ0v) is 11.5. The second kappa shape index (κ2) is 4.72. The lowest BCUT2D eigenvalue weighted by Crippen LogP contribution is -2.11. The molecule has 1 amide bonds. The van der Waals surface area contributed by atoms with Gasteiger partial charge in [-0.3, -0.25) is 10.1 Å². The van der Waals surface area contributed by atoms with Crippen molar-refractivity contribution in [1.82, 2.24) is 9.97 Å². The molecular weight excluding hydrogens is 296 g/mol. The van der Waals surface area contributed by atoms with Gasteiger partial charge in [0.25, 0.3) is 5.91 Å². The number of nitrogens with two attached hydrogens (primary N) is 1. The average Bonchev–Trinajstić information content (AvgIpc) is 2.85. The van der Waals surface area contributed by atoms with Crippen LogP contribution in [-0.4, -0.2) is 24.3 Å². The summed E-state index contributed by atoms with van der Waals surface area (Å²) in [5.41, 5.74) is 2.04. The van der Waals surface area contributed by atoms with Crippen LogP contribution >= 0.6 is 22.7 Å². The number of sulfonamides is 1. The Hall–Kier alpha value is -1.36. The first-order valence-corrected chi connectivity index (χ1v) is 7.88. The minimum atomic E-state index is -3.81. The summed E-state index contributed by atoms with van der Waals surface area (Å²) in [6, 6.07) is 0. The van der Waals surface area contributed by atoms with Crippen LogP contribution in [0, 0.1) is 6.92 Å². The highest BCUT2D eigenvalue weighted by Gasteiger charge is 2.19. The predicted octanol–water partition coefficient (Wildman–Crippen LogP) is 0.808. The summed E-state index contributed by atoms with van der Waals surface area (Å²) in [6.07, 6.45) is 0. The number of thiazole rings is 2. The van der Waals surface area contributed by atoms with Crippen molar-refractivity contribution in [2.45, 2.75) is 11.1 Å². The molecule has 2 aromatic rings. The van der Waals surface area contributed by atoms with Gasteiger partial charge >= 0.3 is 0 Å². The fourth-order valence-corrected chi connectivity index (χ4v) is 3.57. The molecule has 0 fully saturated rings. The maximum Gasteiger partial charge on any atom is 0.276 e. The van der Waals surface area contributed by atoms with Crippen LogP contribution in [0.25, 0.3) is 0 Å². The van der Waals surface area contributed by atoms with Crippen molar-refractivity contribution in [1.29, 1.82) is 0 Å². The van der Waals surface area contributed by atoms with Gasteiger partial charge in [-0.05, 0) is 6.92 Å². The van der Waals surface area contributed by atoms with Gasteiger partial charge in [-0.1, -0.05) is 11.3 Å². The van der Waals surface area contributed by atoms with Gasteiger partial charge in [0.05, 0.1) is 11.2 Å². The Morgan fingerprint density at radius 3 is 2.72 bits per heavy atom. The van der Waals surface area contributed by atoms with Crippen molar-refractivity contribution in [3.05, 3.63) is 22.3 Å². The normalized spacial score (nSPS) is 11.4. The third-order valence-electron chi connectivity index (χ3n) is 1.90. The van der Waals surface area contributed by atoms with Crippen molar-refractivity contribution < 1.29 is 13.2 Å². The zero-order valence-electron chi connectivity index (χ0n) is 9.08. The number of nitrogens with zero attached hydrogens (tertiary/aromatic N) is 2. The number of carbonyl (C=O) groups excluding carboxylic acids is 1. The average molecular weight is 304 g/mol. The second-order valence-corrected chi connectivity index (χ2v) is 6.74. The molecule has 2 aromatic heterocycles. The summed E-state index contributed by atoms with van der Waals surface area (Å²) in [4.78, 5) is 19.4. The van der Waals surface area contributed by atoms with Crippen molar-refractivity contribution >= 4 is 43.7 Å². The molecule has 0 spiro atoms. The molecule has 2 rings (SSSR count). The Labute approximate surface area is 111 Å². The maximum absolute atomic E-state index is 11.7. The lowest BCUT2D eigenvalue weighted by atomic mass is 10.5. The quantitative estimate of drug-likeness (QED) is 0.870. The molecule has 0 saturated heterocycles. The van der Waals surface area contributed by atoms with E-state index in [1.807, 2.05) is 0 Å². The number of hydrogen-bond donors (Lipinski definition) is 2. The van der Waals surface area contributed by atoms with Gasteiger partial charge < -0.3 is 0 Å². The lowest BCUT2D eigenvalue weighted by Gasteiger charge is -1.96. The first-order valence-electron chi connectivity index (χ1n) is 4.57. The van der Waals surface area contributed by atoms with Crippen molar-refractivity contribution in [2.24, 2.45) is 5.14 Å². The summed E-state index contributed by atoms with van der Waals surface area (Å²) in [7, 11) is -3.81. The highest BCUT2D eigenvalue weighted by Crippen LogP contribution is 2.26. The zero-order chi connectivity index (χ0) is 13.3. The van der Waals surface area contributed by atoms with Crippen LogP contribution < -0.4 is 10.5 Å². The van der Waals surface area contributed by atoms with Crippen LogP contribution in [0.1, 0.15) is 16.2 Å². The van der Waals surface area contributed by atoms with E-state index in [-0.39, 0.29) is 20.7 Å². The van der Waals surface area contributed by atoms with Gasteiger partial charge in [-0.25, -0.2) is 23.5 Å². The van der Waals surface area contributed by atoms with Gasteiger partial charge in [0.2, 0.25) is 10.0 Å². The van der Waals surface area contributed by atoms with Gasteiger partial charge in [0, 0.05) is 5.38 Å². The Morgan fingerprint density at radius 1 is 1.50 bits per heavy atom. The molecule has 0 bridgehead atoms. The molecule has 0 radical (unpaired) electrons. The smallest absolute Gasteiger partial charge is 0.276 e. The van der Waals surface area contributed by atoms with Crippen molar-refractivity contribution in [3.63, 3.8) is 0 Å². The third-order valence-corrected chi connectivity index (χ3v) is 5.11. The van der Waals surface area contributed by atoms with E-state index in [1.165, 1.54) is 23.8 Å². The van der Waals surface area contributed by atoms with Crippen LogP contribution in [0.15, 0.2) is 15.1 Å². The van der Waals surface area contributed by atoms with Crippen molar-refractivity contribution in [2.75, 3.05) is 5.32 Å². The second-order valence-electron chi connectivity index (χ2n) is 3.26. The summed E-state index contributed by atoms with van der Waals surface area (Å²) < 4.78 is 22.4. The van der Waals surface area contributed by atoms with Crippen LogP contribution in [0.4, 0.5) is 5.13 Å². The fraction of sp³-hybridized carbons (Fsp3) is 0.125. The molecule has 0 aliphatic rings. The number of hydrogen-bond acceptors (Lipinski definition) is 7. The minimum absolute atomic E-state index is 0.0592. The van der Waals surface area contributed by atoms with Crippen LogP contribution in [0.2, 0.25) is 0 Å². The van der Waals surface area contributed by atoms with Crippen LogP contribution in [0.5, 0.6) is 0 Å². The Bertz CT molecular complexity index is 675. The van der Waals surface area contributed by atoms with E-state index < -0.39 is 15.9 Å². The number of carbonyl (C=O) groups is 1. The first-order chi connectivity index (χ1) is 8.38. The molecule has 18 heavy (non-hydrogen) atoms. The lowest BCUT2D eigenvalue weighted by molar-refractivity contribution is 0.102. The summed E-state index contributed by atoms with van der Waals surface area (Å²) in [5.74, 6) is -0.439. The SMILES string of the molecule is Cc1nc(NC(=O)c2cscn2)sc1S(N)(=O)=O. The van der Waals surface area contributed by atoms with Crippen LogP contribution in [0.3, 0.4) is 0 Å². The molecule has 0 saturated carbocycles. The van der Waals surface area contributed by atoms with Crippen LogP contribution in [-0.2, 0) is 10.0 Å². The van der Waals surface area contributed by atoms with E-state index in [4.69, 9.17) is 5.14 Å². The van der Waals surface area contributed by atoms with E-state index >= 15 is 0 Å². The number of amides is 1. The largest absolute Gasteiger partial charge is 0.296 e. The molecule has 96 valence electrons. The fourth-order valence-electron chi connectivity index (χ4n) is 1.19. The molecule has 0 aliphatic heterocycles. The molecule has 2 heterocycles. The molecular formula is C8H8N4O3S3. The van der Waals surface area contributed by atoms with Crippen molar-refractivity contribution in [3.8, 4) is 0 Å². The molecule has 3 N–H and O–H groups in total. The highest BCUT2D eigenvalue weighted by atomic mass is 32.2. The van der Waals surface area contributed by atoms with E-state index in [2.05, 4.69) is 15.3 Å². The topological polar surface area (TPSA) is 115 Å². The Morgan fingerprint density at radius 2 is 2.22 bits per heavy atom. The molecule has 0 atom stereocenters. The van der Waals surface area contributed by atoms with E-state index in [0.29, 0.717) is 0 Å². The van der Waals surface area contributed by atoms with E-state index in [0.717, 1.165) is 11.3 Å². The monoisotopic (exact) mass is 304 g/mol. The number of aryl methyl sites for hydroxylation is 1. The number of rotatable bonds is 3. The third kappa shape index (κ3) is 2.72. The van der Waals surface area contributed by atoms with Gasteiger partial charge in [-0.2, -0.15) is 0 Å². The first kappa shape index (κ1) is 13.1. The maximum atomic E-state index is 11.7. The molecule has 0 unspecified atom stereocenters. The highest BCUT2D eigenvalue weighted by molar-refractivity contribution is 7.91.